The van der Waals surface area contributed by atoms with Gasteiger partial charge in [0.05, 0.1) is 11.1 Å². The van der Waals surface area contributed by atoms with Crippen LogP contribution in [0.25, 0.3) is 11.1 Å². The predicted molar refractivity (Wildman–Crippen MR) is 111 cm³/mol. The molecule has 0 amide bonds. The van der Waals surface area contributed by atoms with Crippen LogP contribution in [0.1, 0.15) is 42.0 Å². The summed E-state index contributed by atoms with van der Waals surface area (Å²) in [7, 11) is 0. The molecular weight excluding hydrogens is 487 g/mol. The minimum Gasteiger partial charge on any atom is -0.507 e. The summed E-state index contributed by atoms with van der Waals surface area (Å²) < 4.78 is 125. The monoisotopic (exact) mass is 506 g/mol. The molecule has 0 aliphatic heterocycles. The molecule has 0 saturated heterocycles. The molecule has 0 saturated carbocycles. The van der Waals surface area contributed by atoms with Crippen LogP contribution in [0.4, 0.5) is 39.5 Å². The molecule has 0 spiro atoms. The van der Waals surface area contributed by atoms with Gasteiger partial charge in [0.25, 0.3) is 0 Å². The topological polar surface area (TPSA) is 20.2 Å². The molecule has 0 fully saturated rings. The van der Waals surface area contributed by atoms with Gasteiger partial charge in [-0.2, -0.15) is 13.2 Å². The maximum absolute atomic E-state index is 15.2. The summed E-state index contributed by atoms with van der Waals surface area (Å²) in [4.78, 5) is 0. The summed E-state index contributed by atoms with van der Waals surface area (Å²) in [5.74, 6) is -10.1. The number of hydrogen-bond acceptors (Lipinski definition) is 1. The number of aromatic hydroxyl groups is 1. The van der Waals surface area contributed by atoms with Gasteiger partial charge in [-0.1, -0.05) is 13.3 Å². The number of alkyl halides is 3. The fourth-order valence-corrected chi connectivity index (χ4v) is 3.81. The van der Waals surface area contributed by atoms with Crippen molar-refractivity contribution in [2.24, 2.45) is 0 Å². The second-order valence-corrected chi connectivity index (χ2v) is 8.02. The number of halogens is 9. The summed E-state index contributed by atoms with van der Waals surface area (Å²) >= 11 is 0. The van der Waals surface area contributed by atoms with Crippen molar-refractivity contribution in [1.82, 2.24) is 0 Å². The Morgan fingerprint density at radius 2 is 1.17 bits per heavy atom. The van der Waals surface area contributed by atoms with Crippen molar-refractivity contribution in [2.75, 3.05) is 0 Å². The molecule has 1 N–H and O–H groups in total. The summed E-state index contributed by atoms with van der Waals surface area (Å²) in [6.45, 7) is 1.88. The van der Waals surface area contributed by atoms with E-state index < -0.39 is 81.9 Å². The molecule has 3 rings (SSSR count). The van der Waals surface area contributed by atoms with Gasteiger partial charge in [-0.25, -0.2) is 26.3 Å². The molecule has 0 aromatic heterocycles. The van der Waals surface area contributed by atoms with Crippen LogP contribution in [0.2, 0.25) is 0 Å². The zero-order valence-electron chi connectivity index (χ0n) is 18.3. The van der Waals surface area contributed by atoms with Crippen molar-refractivity contribution in [2.45, 2.75) is 45.2 Å². The van der Waals surface area contributed by atoms with Gasteiger partial charge in [0.1, 0.15) is 46.2 Å². The molecule has 0 aliphatic carbocycles. The van der Waals surface area contributed by atoms with Crippen molar-refractivity contribution in [3.63, 3.8) is 0 Å². The number of aryl methyl sites for hydroxylation is 2. The Hall–Kier alpha value is -3.17. The van der Waals surface area contributed by atoms with E-state index in [0.29, 0.717) is 36.6 Å². The highest BCUT2D eigenvalue weighted by atomic mass is 19.4. The van der Waals surface area contributed by atoms with E-state index in [1.165, 1.54) is 0 Å². The molecule has 10 heteroatoms. The summed E-state index contributed by atoms with van der Waals surface area (Å²) in [6, 6.07) is 3.16. The molecule has 3 aromatic rings. The Bertz CT molecular complexity index is 1200. The third-order valence-corrected chi connectivity index (χ3v) is 5.51. The van der Waals surface area contributed by atoms with E-state index in [9.17, 15) is 40.2 Å². The van der Waals surface area contributed by atoms with Gasteiger partial charge in [0, 0.05) is 11.6 Å². The SMILES string of the molecule is CCCCc1cc(F)c(-c2c(O)cc(F)c(CCc3cc(F)c(C(F)(F)F)c(F)c3)c2F)c(F)c1. The van der Waals surface area contributed by atoms with Gasteiger partial charge < -0.3 is 5.11 Å². The first-order valence-corrected chi connectivity index (χ1v) is 10.6. The number of hydrogen-bond donors (Lipinski definition) is 1. The third kappa shape index (κ3) is 5.57. The Kier molecular flexibility index (Phi) is 7.71. The van der Waals surface area contributed by atoms with Crippen molar-refractivity contribution in [1.29, 1.82) is 0 Å². The van der Waals surface area contributed by atoms with E-state index in [1.54, 1.807) is 0 Å². The zero-order chi connectivity index (χ0) is 26.1. The number of phenols is 1. The van der Waals surface area contributed by atoms with E-state index in [4.69, 9.17) is 0 Å². The van der Waals surface area contributed by atoms with Gasteiger partial charge in [0.2, 0.25) is 0 Å². The third-order valence-electron chi connectivity index (χ3n) is 5.51. The first-order valence-electron chi connectivity index (χ1n) is 10.6. The normalized spacial score (nSPS) is 11.8. The van der Waals surface area contributed by atoms with E-state index in [1.807, 2.05) is 6.92 Å². The van der Waals surface area contributed by atoms with Crippen LogP contribution in [0.15, 0.2) is 30.3 Å². The second-order valence-electron chi connectivity index (χ2n) is 8.02. The lowest BCUT2D eigenvalue weighted by Gasteiger charge is -2.15. The fourth-order valence-electron chi connectivity index (χ4n) is 3.81. The highest BCUT2D eigenvalue weighted by Gasteiger charge is 2.38. The van der Waals surface area contributed by atoms with Crippen LogP contribution in [-0.2, 0) is 25.4 Å². The average Bonchev–Trinajstić information content (AvgIpc) is 2.72. The lowest BCUT2D eigenvalue weighted by molar-refractivity contribution is -0.142. The van der Waals surface area contributed by atoms with Crippen molar-refractivity contribution in [3.8, 4) is 16.9 Å². The maximum atomic E-state index is 15.2. The summed E-state index contributed by atoms with van der Waals surface area (Å²) in [5, 5.41) is 10.1. The largest absolute Gasteiger partial charge is 0.507 e. The van der Waals surface area contributed by atoms with Crippen molar-refractivity contribution < 1.29 is 44.6 Å². The van der Waals surface area contributed by atoms with Crippen LogP contribution < -0.4 is 0 Å². The number of unbranched alkanes of at least 4 members (excludes halogenated alkanes) is 1. The quantitative estimate of drug-likeness (QED) is 0.322. The molecular formula is C25H19F9O. The predicted octanol–water partition coefficient (Wildman–Crippen LogP) is 8.04. The smallest absolute Gasteiger partial charge is 0.422 e. The lowest BCUT2D eigenvalue weighted by atomic mass is 9.94. The van der Waals surface area contributed by atoms with Crippen LogP contribution >= 0.6 is 0 Å². The minimum absolute atomic E-state index is 0.305. The van der Waals surface area contributed by atoms with E-state index in [0.717, 1.165) is 18.6 Å². The second kappa shape index (κ2) is 10.2. The molecule has 0 heterocycles. The van der Waals surface area contributed by atoms with E-state index >= 15 is 4.39 Å². The van der Waals surface area contributed by atoms with Crippen LogP contribution in [0.3, 0.4) is 0 Å². The van der Waals surface area contributed by atoms with Gasteiger partial charge in [-0.3, -0.25) is 0 Å². The van der Waals surface area contributed by atoms with Gasteiger partial charge in [-0.15, -0.1) is 0 Å². The van der Waals surface area contributed by atoms with Crippen molar-refractivity contribution >= 4 is 0 Å². The average molecular weight is 506 g/mol. The van der Waals surface area contributed by atoms with E-state index in [2.05, 4.69) is 0 Å². The molecule has 0 aliphatic rings. The van der Waals surface area contributed by atoms with Gasteiger partial charge in [0.15, 0.2) is 0 Å². The minimum atomic E-state index is -5.28. The number of phenolic OH excluding ortho intramolecular Hbond substituents is 1. The highest BCUT2D eigenvalue weighted by molar-refractivity contribution is 5.73. The Morgan fingerprint density at radius 3 is 1.69 bits per heavy atom. The summed E-state index contributed by atoms with van der Waals surface area (Å²) in [6.07, 6.45) is -4.67. The molecule has 0 atom stereocenters. The Labute approximate surface area is 194 Å². The number of benzene rings is 3. The molecule has 3 aromatic carbocycles. The first-order chi connectivity index (χ1) is 16.3. The fraction of sp³-hybridized carbons (Fsp3) is 0.280. The first kappa shape index (κ1) is 26.4. The van der Waals surface area contributed by atoms with Gasteiger partial charge in [-0.05, 0) is 61.1 Å². The summed E-state index contributed by atoms with van der Waals surface area (Å²) in [5.41, 5.74) is -4.76. The van der Waals surface area contributed by atoms with E-state index in [-0.39, 0.29) is 5.56 Å². The van der Waals surface area contributed by atoms with Crippen LogP contribution in [-0.4, -0.2) is 5.11 Å². The zero-order valence-corrected chi connectivity index (χ0v) is 18.3. The highest BCUT2D eigenvalue weighted by Crippen LogP contribution is 2.39. The number of rotatable bonds is 7. The molecule has 0 radical (unpaired) electrons. The molecule has 0 bridgehead atoms. The molecule has 1 nitrogen and oxygen atoms in total. The molecule has 35 heavy (non-hydrogen) atoms. The standard InChI is InChI=1S/C25H19F9O/c1-2-3-4-12-7-16(27)21(17(28)8-12)22-20(35)11-15(26)14(24(22)31)6-5-13-9-18(29)23(19(30)10-13)25(32,33)34/h7-11,35H,2-6H2,1H3. The van der Waals surface area contributed by atoms with Crippen LogP contribution in [0.5, 0.6) is 5.75 Å². The Morgan fingerprint density at radius 1 is 0.657 bits per heavy atom. The molecule has 188 valence electrons. The maximum Gasteiger partial charge on any atom is 0.422 e. The lowest BCUT2D eigenvalue weighted by Crippen LogP contribution is -2.12. The molecule has 0 unspecified atom stereocenters. The van der Waals surface area contributed by atoms with Crippen molar-refractivity contribution in [3.05, 3.63) is 87.5 Å². The van der Waals surface area contributed by atoms with Gasteiger partial charge >= 0.3 is 6.18 Å². The Balaban J connectivity index is 1.99. The van der Waals surface area contributed by atoms with Crippen LogP contribution in [0, 0.1) is 34.9 Å².